The minimum absolute atomic E-state index is 0.0395. The van der Waals surface area contributed by atoms with Gasteiger partial charge in [-0.25, -0.2) is 0 Å². The molecule has 1 aromatic carbocycles. The topological polar surface area (TPSA) is 0 Å². The largest absolute Gasteiger partial charge is 0.127 e. The minimum atomic E-state index is 0.0395. The first-order valence-electron chi connectivity index (χ1n) is 6.64. The highest BCUT2D eigenvalue weighted by atomic mass is 35.5. The SMILES string of the molecule is Cc1cc(C(Cl)C2CCCc3ccccc32)sc1Cl. The number of halogens is 2. The minimum Gasteiger partial charge on any atom is -0.127 e. The van der Waals surface area contributed by atoms with Crippen molar-refractivity contribution < 1.29 is 0 Å². The van der Waals surface area contributed by atoms with Gasteiger partial charge in [0.2, 0.25) is 0 Å². The van der Waals surface area contributed by atoms with Gasteiger partial charge in [-0.2, -0.15) is 0 Å². The molecule has 3 heteroatoms. The summed E-state index contributed by atoms with van der Waals surface area (Å²) in [6.45, 7) is 2.04. The molecule has 0 N–H and O–H groups in total. The average molecular weight is 311 g/mol. The van der Waals surface area contributed by atoms with Crippen molar-refractivity contribution in [2.45, 2.75) is 37.5 Å². The van der Waals surface area contributed by atoms with Crippen molar-refractivity contribution in [1.82, 2.24) is 0 Å². The van der Waals surface area contributed by atoms with Gasteiger partial charge in [-0.3, -0.25) is 0 Å². The Balaban J connectivity index is 1.95. The van der Waals surface area contributed by atoms with Crippen molar-refractivity contribution in [3.63, 3.8) is 0 Å². The molecule has 3 rings (SSSR count). The smallest absolute Gasteiger partial charge is 0.0960 e. The van der Waals surface area contributed by atoms with Gasteiger partial charge in [-0.1, -0.05) is 35.9 Å². The van der Waals surface area contributed by atoms with Gasteiger partial charge in [0, 0.05) is 10.8 Å². The average Bonchev–Trinajstić information content (AvgIpc) is 2.77. The fourth-order valence-corrected chi connectivity index (χ4v) is 4.63. The van der Waals surface area contributed by atoms with Crippen LogP contribution >= 0.6 is 34.5 Å². The first kappa shape index (κ1) is 13.5. The summed E-state index contributed by atoms with van der Waals surface area (Å²) >= 11 is 14.5. The molecule has 2 unspecified atom stereocenters. The van der Waals surface area contributed by atoms with E-state index in [1.807, 2.05) is 6.92 Å². The number of hydrogen-bond donors (Lipinski definition) is 0. The summed E-state index contributed by atoms with van der Waals surface area (Å²) in [6.07, 6.45) is 3.57. The number of thiophene rings is 1. The molecular formula is C16H16Cl2S. The van der Waals surface area contributed by atoms with Gasteiger partial charge in [0.05, 0.1) is 9.71 Å². The van der Waals surface area contributed by atoms with Gasteiger partial charge in [0.25, 0.3) is 0 Å². The predicted octanol–water partition coefficient (Wildman–Crippen LogP) is 6.11. The van der Waals surface area contributed by atoms with Crippen molar-refractivity contribution in [2.75, 3.05) is 0 Å². The van der Waals surface area contributed by atoms with Crippen LogP contribution in [0.15, 0.2) is 30.3 Å². The maximum atomic E-state index is 6.75. The summed E-state index contributed by atoms with van der Waals surface area (Å²) in [5, 5.41) is 0.0395. The third-order valence-corrected chi connectivity index (χ3v) is 6.22. The lowest BCUT2D eigenvalue weighted by Crippen LogP contribution is -2.13. The van der Waals surface area contributed by atoms with Gasteiger partial charge < -0.3 is 0 Å². The highest BCUT2D eigenvalue weighted by Crippen LogP contribution is 2.46. The molecule has 1 aliphatic carbocycles. The number of aryl methyl sites for hydroxylation is 2. The molecule has 0 aliphatic heterocycles. The summed E-state index contributed by atoms with van der Waals surface area (Å²) in [6, 6.07) is 10.8. The third kappa shape index (κ3) is 2.56. The molecule has 0 radical (unpaired) electrons. The predicted molar refractivity (Wildman–Crippen MR) is 84.8 cm³/mol. The second-order valence-corrected chi connectivity index (χ2v) is 7.36. The van der Waals surface area contributed by atoms with Crippen LogP contribution in [0, 0.1) is 6.92 Å². The standard InChI is InChI=1S/C16H16Cl2S/c1-10-9-14(19-16(10)18)15(17)13-8-4-6-11-5-2-3-7-12(11)13/h2-3,5,7,9,13,15H,4,6,8H2,1H3. The fourth-order valence-electron chi connectivity index (χ4n) is 2.91. The Labute approximate surface area is 128 Å². The van der Waals surface area contributed by atoms with E-state index in [0.717, 1.165) is 9.90 Å². The van der Waals surface area contributed by atoms with E-state index in [1.165, 1.54) is 35.3 Å². The molecule has 19 heavy (non-hydrogen) atoms. The maximum absolute atomic E-state index is 6.75. The van der Waals surface area contributed by atoms with Gasteiger partial charge in [0.1, 0.15) is 0 Å². The molecule has 0 spiro atoms. The lowest BCUT2D eigenvalue weighted by molar-refractivity contribution is 0.542. The molecular weight excluding hydrogens is 295 g/mol. The zero-order valence-corrected chi connectivity index (χ0v) is 13.2. The molecule has 0 nitrogen and oxygen atoms in total. The van der Waals surface area contributed by atoms with Crippen molar-refractivity contribution in [3.05, 3.63) is 56.2 Å². The van der Waals surface area contributed by atoms with Crippen LogP contribution in [0.5, 0.6) is 0 Å². The molecule has 0 amide bonds. The fraction of sp³-hybridized carbons (Fsp3) is 0.375. The van der Waals surface area contributed by atoms with Crippen LogP contribution in [-0.4, -0.2) is 0 Å². The number of fused-ring (bicyclic) bond motifs is 1. The van der Waals surface area contributed by atoms with E-state index in [2.05, 4.69) is 30.3 Å². The Morgan fingerprint density at radius 1 is 1.32 bits per heavy atom. The van der Waals surface area contributed by atoms with Gasteiger partial charge in [-0.05, 0) is 48.9 Å². The molecule has 0 saturated carbocycles. The van der Waals surface area contributed by atoms with Crippen LogP contribution in [-0.2, 0) is 6.42 Å². The zero-order valence-electron chi connectivity index (χ0n) is 10.8. The van der Waals surface area contributed by atoms with Crippen molar-refractivity contribution in [1.29, 1.82) is 0 Å². The second-order valence-electron chi connectivity index (χ2n) is 5.20. The molecule has 1 aliphatic rings. The lowest BCUT2D eigenvalue weighted by Gasteiger charge is -2.28. The molecule has 0 bridgehead atoms. The molecule has 2 atom stereocenters. The molecule has 1 aromatic heterocycles. The third-order valence-electron chi connectivity index (χ3n) is 3.92. The Morgan fingerprint density at radius 3 is 2.84 bits per heavy atom. The van der Waals surface area contributed by atoms with Gasteiger partial charge in [0.15, 0.2) is 0 Å². The van der Waals surface area contributed by atoms with Gasteiger partial charge >= 0.3 is 0 Å². The van der Waals surface area contributed by atoms with E-state index in [9.17, 15) is 0 Å². The molecule has 100 valence electrons. The normalized spacial score (nSPS) is 20.1. The van der Waals surface area contributed by atoms with Crippen LogP contribution in [0.1, 0.15) is 45.7 Å². The summed E-state index contributed by atoms with van der Waals surface area (Å²) in [7, 11) is 0. The molecule has 2 aromatic rings. The number of rotatable bonds is 2. The lowest BCUT2D eigenvalue weighted by atomic mass is 9.80. The Bertz CT molecular complexity index is 569. The second kappa shape index (κ2) is 5.47. The Kier molecular flexibility index (Phi) is 3.88. The quantitative estimate of drug-likeness (QED) is 0.587. The Hall–Kier alpha value is -0.500. The van der Waals surface area contributed by atoms with Crippen LogP contribution in [0.2, 0.25) is 4.34 Å². The number of hydrogen-bond acceptors (Lipinski definition) is 1. The monoisotopic (exact) mass is 310 g/mol. The summed E-state index contributed by atoms with van der Waals surface area (Å²) in [5.74, 6) is 0.417. The van der Waals surface area contributed by atoms with E-state index < -0.39 is 0 Å². The highest BCUT2D eigenvalue weighted by Gasteiger charge is 2.28. The first-order valence-corrected chi connectivity index (χ1v) is 8.27. The highest BCUT2D eigenvalue weighted by molar-refractivity contribution is 7.16. The Morgan fingerprint density at radius 2 is 2.11 bits per heavy atom. The number of benzene rings is 1. The molecule has 1 heterocycles. The van der Waals surface area contributed by atoms with E-state index in [1.54, 1.807) is 11.3 Å². The van der Waals surface area contributed by atoms with Crippen molar-refractivity contribution in [2.24, 2.45) is 0 Å². The molecule has 0 fully saturated rings. The number of alkyl halides is 1. The van der Waals surface area contributed by atoms with Gasteiger partial charge in [-0.15, -0.1) is 22.9 Å². The van der Waals surface area contributed by atoms with E-state index >= 15 is 0 Å². The summed E-state index contributed by atoms with van der Waals surface area (Å²) in [5.41, 5.74) is 4.02. The first-order chi connectivity index (χ1) is 9.16. The van der Waals surface area contributed by atoms with Crippen molar-refractivity contribution >= 4 is 34.5 Å². The van der Waals surface area contributed by atoms with Crippen LogP contribution in [0.3, 0.4) is 0 Å². The zero-order chi connectivity index (χ0) is 13.4. The van der Waals surface area contributed by atoms with Crippen LogP contribution in [0.4, 0.5) is 0 Å². The van der Waals surface area contributed by atoms with Crippen molar-refractivity contribution in [3.8, 4) is 0 Å². The van der Waals surface area contributed by atoms with E-state index in [0.29, 0.717) is 5.92 Å². The van der Waals surface area contributed by atoms with E-state index in [-0.39, 0.29) is 5.38 Å². The van der Waals surface area contributed by atoms with Crippen LogP contribution < -0.4 is 0 Å². The summed E-state index contributed by atoms with van der Waals surface area (Å²) in [4.78, 5) is 1.20. The summed E-state index contributed by atoms with van der Waals surface area (Å²) < 4.78 is 0.866. The van der Waals surface area contributed by atoms with E-state index in [4.69, 9.17) is 23.2 Å². The van der Waals surface area contributed by atoms with Crippen LogP contribution in [0.25, 0.3) is 0 Å². The maximum Gasteiger partial charge on any atom is 0.0960 e. The molecule has 0 saturated heterocycles.